The lowest BCUT2D eigenvalue weighted by atomic mass is 9.69. The fourth-order valence-electron chi connectivity index (χ4n) is 10.00. The SMILES string of the molecule is CC.Cc1cc(-c2ccccc2)cc(-c2ccccc2)c1.Cc1ccccc1C(C)(C)c1cc(C)c(C(C)(C)c2ccccc2Cc2cc(-c3ccccc3)cc(-c3ccccc3)c2)cc1C. The molecule has 0 aliphatic carbocycles. The Bertz CT molecular complexity index is 2890. The van der Waals surface area contributed by atoms with Gasteiger partial charge in [0.1, 0.15) is 0 Å². The highest BCUT2D eigenvalue weighted by molar-refractivity contribution is 5.75. The first kappa shape index (κ1) is 47.9. The topological polar surface area (TPSA) is 0 Å². The summed E-state index contributed by atoms with van der Waals surface area (Å²) >= 11 is 0. The molecule has 0 aliphatic heterocycles. The van der Waals surface area contributed by atoms with Crippen molar-refractivity contribution < 1.29 is 0 Å². The van der Waals surface area contributed by atoms with Gasteiger partial charge in [0.05, 0.1) is 0 Å². The van der Waals surface area contributed by atoms with Gasteiger partial charge in [0, 0.05) is 10.8 Å². The number of hydrogen-bond donors (Lipinski definition) is 0. The van der Waals surface area contributed by atoms with Crippen LogP contribution in [0.2, 0.25) is 0 Å². The molecular formula is C67H68. The minimum absolute atomic E-state index is 0.0823. The zero-order chi connectivity index (χ0) is 47.6. The largest absolute Gasteiger partial charge is 0.0683 e. The molecule has 9 aromatic rings. The quantitative estimate of drug-likeness (QED) is 0.128. The Hall–Kier alpha value is -7.02. The van der Waals surface area contributed by atoms with Crippen LogP contribution in [0.4, 0.5) is 0 Å². The zero-order valence-electron chi connectivity index (χ0n) is 41.5. The molecule has 0 aliphatic rings. The van der Waals surface area contributed by atoms with E-state index < -0.39 is 0 Å². The van der Waals surface area contributed by atoms with Gasteiger partial charge in [-0.3, -0.25) is 0 Å². The molecule has 0 atom stereocenters. The highest BCUT2D eigenvalue weighted by Crippen LogP contribution is 2.42. The van der Waals surface area contributed by atoms with Crippen LogP contribution < -0.4 is 0 Å². The van der Waals surface area contributed by atoms with Gasteiger partial charge in [-0.2, -0.15) is 0 Å². The first-order valence-corrected chi connectivity index (χ1v) is 24.1. The molecule has 67 heavy (non-hydrogen) atoms. The molecule has 0 bridgehead atoms. The lowest BCUT2D eigenvalue weighted by Crippen LogP contribution is -2.25. The van der Waals surface area contributed by atoms with Crippen molar-refractivity contribution in [2.24, 2.45) is 0 Å². The highest BCUT2D eigenvalue weighted by atomic mass is 14.4. The summed E-state index contributed by atoms with van der Waals surface area (Å²) in [5, 5.41) is 0. The van der Waals surface area contributed by atoms with E-state index in [1.54, 1.807) is 0 Å². The van der Waals surface area contributed by atoms with Gasteiger partial charge in [-0.15, -0.1) is 0 Å². The maximum Gasteiger partial charge on any atom is 0.0152 e. The van der Waals surface area contributed by atoms with Crippen LogP contribution in [0, 0.1) is 27.7 Å². The van der Waals surface area contributed by atoms with Crippen LogP contribution in [-0.4, -0.2) is 0 Å². The fraction of sp³-hybridized carbons (Fsp3) is 0.194. The van der Waals surface area contributed by atoms with E-state index in [0.29, 0.717) is 0 Å². The van der Waals surface area contributed by atoms with Gasteiger partial charge in [0.25, 0.3) is 0 Å². The number of rotatable bonds is 10. The monoisotopic (exact) mass is 873 g/mol. The van der Waals surface area contributed by atoms with E-state index in [2.05, 4.69) is 274 Å². The number of aryl methyl sites for hydroxylation is 4. The summed E-state index contributed by atoms with van der Waals surface area (Å²) in [6, 6.07) is 79.2. The summed E-state index contributed by atoms with van der Waals surface area (Å²) in [5.74, 6) is 0. The van der Waals surface area contributed by atoms with Crippen LogP contribution in [-0.2, 0) is 17.3 Å². The number of hydrogen-bond acceptors (Lipinski definition) is 0. The number of benzene rings is 9. The van der Waals surface area contributed by atoms with E-state index >= 15 is 0 Å². The molecule has 0 unspecified atom stereocenters. The first-order valence-electron chi connectivity index (χ1n) is 24.1. The average molecular weight is 873 g/mol. The third kappa shape index (κ3) is 11.2. The van der Waals surface area contributed by atoms with Crippen molar-refractivity contribution in [2.45, 2.75) is 86.5 Å². The van der Waals surface area contributed by atoms with Crippen molar-refractivity contribution in [3.8, 4) is 44.5 Å². The van der Waals surface area contributed by atoms with Crippen molar-refractivity contribution in [2.75, 3.05) is 0 Å². The van der Waals surface area contributed by atoms with Crippen LogP contribution >= 0.6 is 0 Å². The van der Waals surface area contributed by atoms with Gasteiger partial charge in [-0.1, -0.05) is 248 Å². The maximum absolute atomic E-state index is 2.46. The molecular weight excluding hydrogens is 805 g/mol. The standard InChI is InChI=1S/C46H46.C19H16.C2H6/c1-32-18-14-16-24-41(32)45(4,5)43-26-34(3)44(27-33(43)2)46(6,7)42-25-17-15-23-38(42)28-35-29-39(36-19-10-8-11-20-36)31-40(30-35)37-21-12-9-13-22-37;1-15-12-18(16-8-4-2-5-9-16)14-19(13-15)17-10-6-3-7-11-17;1-2/h8-27,29-31H,28H2,1-7H3;2-14H,1H3;1-2H3. The minimum Gasteiger partial charge on any atom is -0.0683 e. The second-order valence-electron chi connectivity index (χ2n) is 18.9. The summed E-state index contributed by atoms with van der Waals surface area (Å²) in [7, 11) is 0. The summed E-state index contributed by atoms with van der Waals surface area (Å²) in [6.07, 6.45) is 0.872. The Balaban J connectivity index is 0.000000263. The Kier molecular flexibility index (Phi) is 15.4. The van der Waals surface area contributed by atoms with E-state index in [1.807, 2.05) is 13.8 Å². The van der Waals surface area contributed by atoms with Gasteiger partial charge in [-0.25, -0.2) is 0 Å². The second kappa shape index (κ2) is 21.5. The van der Waals surface area contributed by atoms with Crippen molar-refractivity contribution in [1.82, 2.24) is 0 Å². The summed E-state index contributed by atoms with van der Waals surface area (Å²) in [6.45, 7) is 22.5. The van der Waals surface area contributed by atoms with Crippen molar-refractivity contribution >= 4 is 0 Å². The molecule has 0 saturated heterocycles. The molecule has 0 fully saturated rings. The third-order valence-electron chi connectivity index (χ3n) is 13.3. The fourth-order valence-corrected chi connectivity index (χ4v) is 10.00. The summed E-state index contributed by atoms with van der Waals surface area (Å²) in [4.78, 5) is 0. The molecule has 9 aromatic carbocycles. The Labute approximate surface area is 403 Å². The van der Waals surface area contributed by atoms with Gasteiger partial charge < -0.3 is 0 Å². The van der Waals surface area contributed by atoms with Crippen LogP contribution in [0.5, 0.6) is 0 Å². The lowest BCUT2D eigenvalue weighted by Gasteiger charge is -2.34. The predicted molar refractivity (Wildman–Crippen MR) is 291 cm³/mol. The van der Waals surface area contributed by atoms with Gasteiger partial charge in [-0.05, 0) is 146 Å². The predicted octanol–water partition coefficient (Wildman–Crippen LogP) is 18.5. The molecule has 0 amide bonds. The minimum atomic E-state index is -0.171. The van der Waals surface area contributed by atoms with Crippen molar-refractivity contribution in [3.63, 3.8) is 0 Å². The molecule has 0 N–H and O–H groups in total. The van der Waals surface area contributed by atoms with Gasteiger partial charge in [0.2, 0.25) is 0 Å². The van der Waals surface area contributed by atoms with Crippen molar-refractivity contribution in [3.05, 3.63) is 274 Å². The second-order valence-corrected chi connectivity index (χ2v) is 18.9. The van der Waals surface area contributed by atoms with Gasteiger partial charge >= 0.3 is 0 Å². The van der Waals surface area contributed by atoms with Crippen LogP contribution in [0.25, 0.3) is 44.5 Å². The van der Waals surface area contributed by atoms with E-state index in [0.717, 1.165) is 6.42 Å². The molecule has 0 heteroatoms. The third-order valence-corrected chi connectivity index (χ3v) is 13.3. The lowest BCUT2D eigenvalue weighted by molar-refractivity contribution is 0.612. The molecule has 336 valence electrons. The van der Waals surface area contributed by atoms with E-state index in [-0.39, 0.29) is 10.8 Å². The Morgan fingerprint density at radius 3 is 1.01 bits per heavy atom. The van der Waals surface area contributed by atoms with E-state index in [4.69, 9.17) is 0 Å². The maximum atomic E-state index is 2.46. The van der Waals surface area contributed by atoms with Gasteiger partial charge in [0.15, 0.2) is 0 Å². The smallest absolute Gasteiger partial charge is 0.0152 e. The summed E-state index contributed by atoms with van der Waals surface area (Å²) < 4.78 is 0. The van der Waals surface area contributed by atoms with E-state index in [1.165, 1.54) is 100 Å². The highest BCUT2D eigenvalue weighted by Gasteiger charge is 2.31. The Morgan fingerprint density at radius 1 is 0.284 bits per heavy atom. The van der Waals surface area contributed by atoms with Crippen molar-refractivity contribution in [1.29, 1.82) is 0 Å². The molecule has 0 radical (unpaired) electrons. The van der Waals surface area contributed by atoms with Crippen LogP contribution in [0.3, 0.4) is 0 Å². The molecule has 0 saturated carbocycles. The molecule has 9 rings (SSSR count). The molecule has 0 spiro atoms. The molecule has 0 aromatic heterocycles. The Morgan fingerprint density at radius 2 is 0.612 bits per heavy atom. The zero-order valence-corrected chi connectivity index (χ0v) is 41.5. The summed E-state index contributed by atoms with van der Waals surface area (Å²) in [5.41, 5.74) is 23.4. The first-order chi connectivity index (χ1) is 32.4. The average Bonchev–Trinajstić information content (AvgIpc) is 3.36. The normalized spacial score (nSPS) is 11.2. The molecule has 0 heterocycles. The van der Waals surface area contributed by atoms with Crippen LogP contribution in [0.15, 0.2) is 218 Å². The molecule has 0 nitrogen and oxygen atoms in total. The van der Waals surface area contributed by atoms with E-state index in [9.17, 15) is 0 Å². The van der Waals surface area contributed by atoms with Crippen LogP contribution in [0.1, 0.15) is 97.2 Å².